The Hall–Kier alpha value is -2.40. The first-order chi connectivity index (χ1) is 12.7. The van der Waals surface area contributed by atoms with Crippen LogP contribution in [0.1, 0.15) is 35.7 Å². The van der Waals surface area contributed by atoms with Gasteiger partial charge < -0.3 is 10.1 Å². The summed E-state index contributed by atoms with van der Waals surface area (Å²) in [5.41, 5.74) is 1.99. The fourth-order valence-corrected chi connectivity index (χ4v) is 3.30. The van der Waals surface area contributed by atoms with Crippen molar-refractivity contribution in [3.8, 4) is 5.75 Å². The maximum Gasteiger partial charge on any atom is 0.251 e. The van der Waals surface area contributed by atoms with Gasteiger partial charge in [0.25, 0.3) is 5.91 Å². The van der Waals surface area contributed by atoms with E-state index in [0.717, 1.165) is 44.8 Å². The number of amides is 1. The number of hydrogen-bond donors (Lipinski definition) is 1. The summed E-state index contributed by atoms with van der Waals surface area (Å²) in [5, 5.41) is 3.08. The van der Waals surface area contributed by atoms with Crippen molar-refractivity contribution in [1.29, 1.82) is 0 Å². The SMILES string of the molecule is CCOc1ccc(C(=O)NCC2CCN(Cc3ccncc3)CC2)cc1. The summed E-state index contributed by atoms with van der Waals surface area (Å²) in [6, 6.07) is 11.5. The molecule has 2 heterocycles. The fraction of sp³-hybridized carbons (Fsp3) is 0.429. The summed E-state index contributed by atoms with van der Waals surface area (Å²) >= 11 is 0. The molecule has 5 heteroatoms. The Kier molecular flexibility index (Phi) is 6.61. The maximum absolute atomic E-state index is 12.3. The molecule has 1 fully saturated rings. The van der Waals surface area contributed by atoms with Gasteiger partial charge in [0.1, 0.15) is 5.75 Å². The topological polar surface area (TPSA) is 54.5 Å². The lowest BCUT2D eigenvalue weighted by Crippen LogP contribution is -2.38. The predicted molar refractivity (Wildman–Crippen MR) is 102 cm³/mol. The number of nitrogens with one attached hydrogen (secondary N) is 1. The second kappa shape index (κ2) is 9.34. The minimum absolute atomic E-state index is 0.00716. The second-order valence-electron chi connectivity index (χ2n) is 6.74. The van der Waals surface area contributed by atoms with Crippen molar-refractivity contribution in [2.24, 2.45) is 5.92 Å². The lowest BCUT2D eigenvalue weighted by molar-refractivity contribution is 0.0935. The third kappa shape index (κ3) is 5.30. The zero-order chi connectivity index (χ0) is 18.2. The van der Waals surface area contributed by atoms with Gasteiger partial charge in [-0.25, -0.2) is 0 Å². The van der Waals surface area contributed by atoms with E-state index in [1.54, 1.807) is 0 Å². The Labute approximate surface area is 155 Å². The molecule has 2 aromatic rings. The lowest BCUT2D eigenvalue weighted by Gasteiger charge is -2.32. The van der Waals surface area contributed by atoms with Crippen molar-refractivity contribution in [3.63, 3.8) is 0 Å². The first kappa shape index (κ1) is 18.4. The molecule has 0 atom stereocenters. The molecule has 0 spiro atoms. The van der Waals surface area contributed by atoms with Gasteiger partial charge in [-0.15, -0.1) is 0 Å². The Balaban J connectivity index is 1.40. The zero-order valence-corrected chi connectivity index (χ0v) is 15.4. The van der Waals surface area contributed by atoms with Crippen molar-refractivity contribution in [2.45, 2.75) is 26.3 Å². The number of piperidine rings is 1. The first-order valence-electron chi connectivity index (χ1n) is 9.37. The molecule has 0 bridgehead atoms. The van der Waals surface area contributed by atoms with Crippen LogP contribution < -0.4 is 10.1 Å². The van der Waals surface area contributed by atoms with Crippen LogP contribution in [0, 0.1) is 5.92 Å². The summed E-state index contributed by atoms with van der Waals surface area (Å²) in [7, 11) is 0. The molecule has 1 saturated heterocycles. The van der Waals surface area contributed by atoms with Crippen LogP contribution in [0.2, 0.25) is 0 Å². The average Bonchev–Trinajstić information content (AvgIpc) is 2.69. The van der Waals surface area contributed by atoms with E-state index in [1.165, 1.54) is 5.56 Å². The van der Waals surface area contributed by atoms with Gasteiger partial charge in [0.2, 0.25) is 0 Å². The van der Waals surface area contributed by atoms with Gasteiger partial charge in [0.15, 0.2) is 0 Å². The lowest BCUT2D eigenvalue weighted by atomic mass is 9.96. The molecule has 5 nitrogen and oxygen atoms in total. The molecule has 1 amide bonds. The number of pyridine rings is 1. The van der Waals surface area contributed by atoms with Gasteiger partial charge in [0, 0.05) is 31.0 Å². The van der Waals surface area contributed by atoms with Crippen LogP contribution in [-0.4, -0.2) is 42.0 Å². The van der Waals surface area contributed by atoms with E-state index in [2.05, 4.69) is 27.3 Å². The van der Waals surface area contributed by atoms with Gasteiger partial charge >= 0.3 is 0 Å². The highest BCUT2D eigenvalue weighted by Gasteiger charge is 2.20. The number of rotatable bonds is 7. The Bertz CT molecular complexity index is 680. The number of likely N-dealkylation sites (tertiary alicyclic amines) is 1. The van der Waals surface area contributed by atoms with Crippen molar-refractivity contribution < 1.29 is 9.53 Å². The van der Waals surface area contributed by atoms with Crippen LogP contribution in [0.25, 0.3) is 0 Å². The van der Waals surface area contributed by atoms with Crippen LogP contribution in [0.4, 0.5) is 0 Å². The number of carbonyl (C=O) groups is 1. The summed E-state index contributed by atoms with van der Waals surface area (Å²) in [6.45, 7) is 6.45. The maximum atomic E-state index is 12.3. The predicted octanol–water partition coefficient (Wildman–Crippen LogP) is 3.12. The molecule has 1 aromatic carbocycles. The van der Waals surface area contributed by atoms with Crippen molar-refractivity contribution >= 4 is 5.91 Å². The monoisotopic (exact) mass is 353 g/mol. The van der Waals surface area contributed by atoms with Crippen LogP contribution in [0.15, 0.2) is 48.8 Å². The molecule has 0 unspecified atom stereocenters. The summed E-state index contributed by atoms with van der Waals surface area (Å²) < 4.78 is 5.41. The second-order valence-corrected chi connectivity index (χ2v) is 6.74. The zero-order valence-electron chi connectivity index (χ0n) is 15.4. The van der Waals surface area contributed by atoms with E-state index < -0.39 is 0 Å². The third-order valence-electron chi connectivity index (χ3n) is 4.84. The number of carbonyl (C=O) groups excluding carboxylic acids is 1. The van der Waals surface area contributed by atoms with E-state index in [4.69, 9.17) is 4.74 Å². The molecule has 3 rings (SSSR count). The molecule has 0 radical (unpaired) electrons. The Morgan fingerprint density at radius 2 is 1.85 bits per heavy atom. The van der Waals surface area contributed by atoms with Crippen LogP contribution in [0.3, 0.4) is 0 Å². The summed E-state index contributed by atoms with van der Waals surface area (Å²) in [6.07, 6.45) is 5.93. The highest BCUT2D eigenvalue weighted by Crippen LogP contribution is 2.18. The third-order valence-corrected chi connectivity index (χ3v) is 4.84. The van der Waals surface area contributed by atoms with Gasteiger partial charge in [-0.05, 0) is 80.7 Å². The number of aromatic nitrogens is 1. The smallest absolute Gasteiger partial charge is 0.251 e. The van der Waals surface area contributed by atoms with E-state index >= 15 is 0 Å². The number of ether oxygens (including phenoxy) is 1. The molecule has 1 aliphatic heterocycles. The molecule has 26 heavy (non-hydrogen) atoms. The number of benzene rings is 1. The van der Waals surface area contributed by atoms with Crippen LogP contribution >= 0.6 is 0 Å². The molecule has 1 N–H and O–H groups in total. The summed E-state index contributed by atoms with van der Waals surface area (Å²) in [5.74, 6) is 1.34. The first-order valence-corrected chi connectivity index (χ1v) is 9.37. The minimum atomic E-state index is -0.00716. The minimum Gasteiger partial charge on any atom is -0.494 e. The fourth-order valence-electron chi connectivity index (χ4n) is 3.30. The highest BCUT2D eigenvalue weighted by atomic mass is 16.5. The quantitative estimate of drug-likeness (QED) is 0.831. The molecule has 138 valence electrons. The molecular weight excluding hydrogens is 326 g/mol. The number of hydrogen-bond acceptors (Lipinski definition) is 4. The van der Waals surface area contributed by atoms with E-state index in [1.807, 2.05) is 43.6 Å². The van der Waals surface area contributed by atoms with E-state index in [0.29, 0.717) is 18.1 Å². The molecular formula is C21H27N3O2. The highest BCUT2D eigenvalue weighted by molar-refractivity contribution is 5.94. The van der Waals surface area contributed by atoms with Crippen molar-refractivity contribution in [2.75, 3.05) is 26.2 Å². The molecule has 0 aliphatic carbocycles. The van der Waals surface area contributed by atoms with Gasteiger partial charge in [-0.2, -0.15) is 0 Å². The summed E-state index contributed by atoms with van der Waals surface area (Å²) in [4.78, 5) is 18.8. The van der Waals surface area contributed by atoms with Crippen molar-refractivity contribution in [1.82, 2.24) is 15.2 Å². The van der Waals surface area contributed by atoms with E-state index in [-0.39, 0.29) is 5.91 Å². The van der Waals surface area contributed by atoms with Gasteiger partial charge in [-0.3, -0.25) is 14.7 Å². The largest absolute Gasteiger partial charge is 0.494 e. The van der Waals surface area contributed by atoms with Crippen molar-refractivity contribution in [3.05, 3.63) is 59.9 Å². The average molecular weight is 353 g/mol. The Morgan fingerprint density at radius 3 is 2.50 bits per heavy atom. The van der Waals surface area contributed by atoms with Gasteiger partial charge in [-0.1, -0.05) is 0 Å². The molecule has 1 aromatic heterocycles. The molecule has 1 aliphatic rings. The van der Waals surface area contributed by atoms with Crippen LogP contribution in [-0.2, 0) is 6.54 Å². The normalized spacial score (nSPS) is 15.6. The van der Waals surface area contributed by atoms with Gasteiger partial charge in [0.05, 0.1) is 6.61 Å². The number of nitrogens with zero attached hydrogens (tertiary/aromatic N) is 2. The standard InChI is InChI=1S/C21H27N3O2/c1-2-26-20-5-3-19(4-6-20)21(25)23-15-17-9-13-24(14-10-17)16-18-7-11-22-12-8-18/h3-8,11-12,17H,2,9-10,13-16H2,1H3,(H,23,25). The van der Waals surface area contributed by atoms with E-state index in [9.17, 15) is 4.79 Å². The Morgan fingerprint density at radius 1 is 1.15 bits per heavy atom. The molecule has 0 saturated carbocycles. The van der Waals surface area contributed by atoms with Crippen LogP contribution in [0.5, 0.6) is 5.75 Å².